The van der Waals surface area contributed by atoms with Gasteiger partial charge >= 0.3 is 0 Å². The number of nitrogens with zero attached hydrogens (tertiary/aromatic N) is 4. The van der Waals surface area contributed by atoms with Gasteiger partial charge in [-0.15, -0.1) is 0 Å². The molecule has 0 bridgehead atoms. The van der Waals surface area contributed by atoms with Gasteiger partial charge in [-0.05, 0) is 38.7 Å². The number of hydrogen-bond acceptors (Lipinski definition) is 6. The summed E-state index contributed by atoms with van der Waals surface area (Å²) in [5.41, 5.74) is 6.14. The number of ether oxygens (including phenoxy) is 1. The molecular formula is C24H23N5O. The first-order valence-electron chi connectivity index (χ1n) is 10.3. The van der Waals surface area contributed by atoms with E-state index in [9.17, 15) is 0 Å². The molecule has 6 heteroatoms. The maximum Gasteiger partial charge on any atom is 0.230 e. The predicted molar refractivity (Wildman–Crippen MR) is 118 cm³/mol. The highest BCUT2D eigenvalue weighted by Crippen LogP contribution is 2.31. The minimum absolute atomic E-state index is 0.472. The summed E-state index contributed by atoms with van der Waals surface area (Å²) >= 11 is 0. The first-order chi connectivity index (χ1) is 14.7. The van der Waals surface area contributed by atoms with Gasteiger partial charge in [-0.3, -0.25) is 5.32 Å². The van der Waals surface area contributed by atoms with Gasteiger partial charge in [-0.2, -0.15) is 0 Å². The molecule has 0 amide bonds. The van der Waals surface area contributed by atoms with Crippen LogP contribution in [0.4, 0.5) is 11.9 Å². The van der Waals surface area contributed by atoms with Crippen LogP contribution in [0.25, 0.3) is 22.2 Å². The van der Waals surface area contributed by atoms with Gasteiger partial charge in [0.15, 0.2) is 0 Å². The predicted octanol–water partition coefficient (Wildman–Crippen LogP) is 5.03. The van der Waals surface area contributed by atoms with E-state index >= 15 is 0 Å². The topological polar surface area (TPSA) is 72.8 Å². The van der Waals surface area contributed by atoms with Crippen molar-refractivity contribution in [2.75, 3.05) is 12.4 Å². The zero-order chi connectivity index (χ0) is 20.5. The number of fused-ring (bicyclic) bond motifs is 2. The first kappa shape index (κ1) is 18.5. The molecule has 6 nitrogen and oxygen atoms in total. The third-order valence-corrected chi connectivity index (χ3v) is 5.55. The van der Waals surface area contributed by atoms with Crippen LogP contribution in [-0.4, -0.2) is 27.0 Å². The van der Waals surface area contributed by atoms with Crippen molar-refractivity contribution in [3.8, 4) is 17.0 Å². The largest absolute Gasteiger partial charge is 0.494 e. The number of methoxy groups -OCH3 is 1. The van der Waals surface area contributed by atoms with Crippen LogP contribution < -0.4 is 10.1 Å². The van der Waals surface area contributed by atoms with Crippen molar-refractivity contribution >= 4 is 22.8 Å². The van der Waals surface area contributed by atoms with E-state index in [4.69, 9.17) is 14.7 Å². The van der Waals surface area contributed by atoms with E-state index in [-0.39, 0.29) is 0 Å². The molecule has 1 N–H and O–H groups in total. The minimum Gasteiger partial charge on any atom is -0.494 e. The Labute approximate surface area is 175 Å². The number of aryl methyl sites for hydroxylation is 2. The molecular weight excluding hydrogens is 374 g/mol. The van der Waals surface area contributed by atoms with E-state index in [0.717, 1.165) is 58.6 Å². The summed E-state index contributed by atoms with van der Waals surface area (Å²) in [6, 6.07) is 16.2. The van der Waals surface area contributed by atoms with Gasteiger partial charge in [-0.25, -0.2) is 19.9 Å². The Morgan fingerprint density at radius 2 is 1.63 bits per heavy atom. The van der Waals surface area contributed by atoms with Crippen LogP contribution in [0.2, 0.25) is 0 Å². The molecule has 4 aromatic rings. The Morgan fingerprint density at radius 3 is 2.47 bits per heavy atom. The van der Waals surface area contributed by atoms with Crippen molar-refractivity contribution < 1.29 is 4.74 Å². The summed E-state index contributed by atoms with van der Waals surface area (Å²) in [6.07, 6.45) is 4.32. The van der Waals surface area contributed by atoms with Gasteiger partial charge in [-0.1, -0.05) is 42.5 Å². The van der Waals surface area contributed by atoms with Crippen LogP contribution in [0.1, 0.15) is 29.8 Å². The zero-order valence-corrected chi connectivity index (χ0v) is 17.1. The molecule has 0 radical (unpaired) electrons. The van der Waals surface area contributed by atoms with Crippen molar-refractivity contribution in [3.05, 3.63) is 65.5 Å². The third kappa shape index (κ3) is 3.34. The lowest BCUT2D eigenvalue weighted by atomic mass is 9.92. The fourth-order valence-electron chi connectivity index (χ4n) is 4.08. The summed E-state index contributed by atoms with van der Waals surface area (Å²) in [7, 11) is 1.65. The second kappa shape index (κ2) is 7.71. The maximum absolute atomic E-state index is 5.49. The highest BCUT2D eigenvalue weighted by atomic mass is 16.5. The van der Waals surface area contributed by atoms with Crippen LogP contribution in [0.5, 0.6) is 5.75 Å². The quantitative estimate of drug-likeness (QED) is 0.521. The van der Waals surface area contributed by atoms with Crippen LogP contribution in [0.3, 0.4) is 0 Å². The Balaban J connectivity index is 1.60. The molecule has 0 unspecified atom stereocenters. The first-order valence-corrected chi connectivity index (χ1v) is 10.3. The van der Waals surface area contributed by atoms with Gasteiger partial charge in [0.2, 0.25) is 11.9 Å². The van der Waals surface area contributed by atoms with Crippen molar-refractivity contribution in [2.45, 2.75) is 32.6 Å². The average Bonchev–Trinajstić information content (AvgIpc) is 2.79. The van der Waals surface area contributed by atoms with Crippen molar-refractivity contribution in [1.82, 2.24) is 19.9 Å². The van der Waals surface area contributed by atoms with Crippen LogP contribution in [-0.2, 0) is 12.8 Å². The average molecular weight is 397 g/mol. The highest BCUT2D eigenvalue weighted by molar-refractivity contribution is 5.87. The van der Waals surface area contributed by atoms with E-state index in [1.165, 1.54) is 12.0 Å². The van der Waals surface area contributed by atoms with E-state index in [2.05, 4.69) is 27.4 Å². The number of para-hydroxylation sites is 1. The number of aromatic nitrogens is 4. The molecule has 2 aromatic heterocycles. The second-order valence-corrected chi connectivity index (χ2v) is 7.51. The number of anilines is 2. The molecule has 5 rings (SSSR count). The Bertz CT molecular complexity index is 1220. The van der Waals surface area contributed by atoms with Crippen molar-refractivity contribution in [2.24, 2.45) is 0 Å². The monoisotopic (exact) mass is 397 g/mol. The molecule has 0 aliphatic heterocycles. The summed E-state index contributed by atoms with van der Waals surface area (Å²) in [6.45, 7) is 1.97. The fraction of sp³-hybridized carbons (Fsp3) is 0.250. The lowest BCUT2D eigenvalue weighted by Gasteiger charge is -2.19. The summed E-state index contributed by atoms with van der Waals surface area (Å²) in [5.74, 6) is 1.72. The molecule has 2 aromatic carbocycles. The Hall–Kier alpha value is -3.54. The summed E-state index contributed by atoms with van der Waals surface area (Å²) in [5, 5.41) is 4.22. The van der Waals surface area contributed by atoms with E-state index in [1.54, 1.807) is 7.11 Å². The Kier molecular flexibility index (Phi) is 4.75. The second-order valence-electron chi connectivity index (χ2n) is 7.51. The van der Waals surface area contributed by atoms with Crippen LogP contribution >= 0.6 is 0 Å². The maximum atomic E-state index is 5.49. The fourth-order valence-corrected chi connectivity index (χ4v) is 4.08. The van der Waals surface area contributed by atoms with Crippen molar-refractivity contribution in [3.63, 3.8) is 0 Å². The summed E-state index contributed by atoms with van der Waals surface area (Å²) in [4.78, 5) is 19.0. The Morgan fingerprint density at radius 1 is 0.833 bits per heavy atom. The third-order valence-electron chi connectivity index (χ3n) is 5.55. The normalized spacial score (nSPS) is 13.1. The lowest BCUT2D eigenvalue weighted by Crippen LogP contribution is -2.12. The van der Waals surface area contributed by atoms with E-state index < -0.39 is 0 Å². The molecule has 1 aliphatic carbocycles. The zero-order valence-electron chi connectivity index (χ0n) is 17.1. The SMILES string of the molecule is COc1cccc2c(C)nc(Nc3nc4c(c(-c5ccccc5)n3)CCCC4)nc12. The number of nitrogens with one attached hydrogen (secondary N) is 1. The van der Waals surface area contributed by atoms with Crippen molar-refractivity contribution in [1.29, 1.82) is 0 Å². The number of benzene rings is 2. The van der Waals surface area contributed by atoms with Crippen LogP contribution in [0.15, 0.2) is 48.5 Å². The van der Waals surface area contributed by atoms with Gasteiger partial charge in [0, 0.05) is 22.2 Å². The van der Waals surface area contributed by atoms with Gasteiger partial charge in [0.1, 0.15) is 11.3 Å². The number of rotatable bonds is 4. The molecule has 1 aliphatic rings. The molecule has 0 atom stereocenters. The molecule has 150 valence electrons. The van der Waals surface area contributed by atoms with Gasteiger partial charge in [0.05, 0.1) is 18.5 Å². The van der Waals surface area contributed by atoms with E-state index in [1.807, 2.05) is 43.3 Å². The molecule has 0 fully saturated rings. The molecule has 0 saturated heterocycles. The standard InChI is InChI=1S/C24H23N5O/c1-15-17-12-8-14-20(30-2)22(17)28-23(25-15)29-24-26-19-13-7-6-11-18(19)21(27-24)16-9-4-3-5-10-16/h3-5,8-10,12,14H,6-7,11,13H2,1-2H3,(H,25,26,27,28,29). The minimum atomic E-state index is 0.472. The van der Waals surface area contributed by atoms with E-state index in [0.29, 0.717) is 11.9 Å². The smallest absolute Gasteiger partial charge is 0.230 e. The lowest BCUT2D eigenvalue weighted by molar-refractivity contribution is 0.419. The molecule has 2 heterocycles. The number of hydrogen-bond donors (Lipinski definition) is 1. The summed E-state index contributed by atoms with van der Waals surface area (Å²) < 4.78 is 5.49. The highest BCUT2D eigenvalue weighted by Gasteiger charge is 2.19. The molecule has 30 heavy (non-hydrogen) atoms. The molecule has 0 spiro atoms. The van der Waals surface area contributed by atoms with Gasteiger partial charge < -0.3 is 4.74 Å². The molecule has 0 saturated carbocycles. The van der Waals surface area contributed by atoms with Gasteiger partial charge in [0.25, 0.3) is 0 Å². The van der Waals surface area contributed by atoms with Crippen LogP contribution in [0, 0.1) is 6.92 Å².